The Morgan fingerprint density at radius 3 is 2.68 bits per heavy atom. The van der Waals surface area contributed by atoms with Gasteiger partial charge in [-0.1, -0.05) is 17.7 Å². The number of nitrogens with one attached hydrogen (secondary N) is 1. The highest BCUT2D eigenvalue weighted by Gasteiger charge is 2.33. The van der Waals surface area contributed by atoms with Crippen LogP contribution in [-0.4, -0.2) is 20.7 Å². The summed E-state index contributed by atoms with van der Waals surface area (Å²) < 4.78 is 1.84. The molecule has 0 unspecified atom stereocenters. The molecule has 0 bridgehead atoms. The zero-order valence-electron chi connectivity index (χ0n) is 13.7. The Kier molecular flexibility index (Phi) is 4.01. The van der Waals surface area contributed by atoms with Crippen LogP contribution in [0.4, 0.5) is 5.69 Å². The van der Waals surface area contributed by atoms with E-state index in [1.165, 1.54) is 0 Å². The predicted octanol–water partition coefficient (Wildman–Crippen LogP) is 4.36. The van der Waals surface area contributed by atoms with Crippen molar-refractivity contribution in [2.45, 2.75) is 25.7 Å². The summed E-state index contributed by atoms with van der Waals surface area (Å²) in [6.07, 6.45) is 7.07. The van der Waals surface area contributed by atoms with Crippen molar-refractivity contribution < 1.29 is 4.79 Å². The number of rotatable bonds is 4. The number of aromatic nitrogens is 3. The van der Waals surface area contributed by atoms with Gasteiger partial charge in [-0.15, -0.1) is 0 Å². The van der Waals surface area contributed by atoms with E-state index in [0.29, 0.717) is 22.2 Å². The number of amides is 1. The van der Waals surface area contributed by atoms with Crippen LogP contribution in [0.3, 0.4) is 0 Å². The van der Waals surface area contributed by atoms with Crippen LogP contribution in [0.2, 0.25) is 5.02 Å². The topological polar surface area (TPSA) is 59.8 Å². The lowest BCUT2D eigenvalue weighted by atomic mass is 10.1. The molecule has 25 heavy (non-hydrogen) atoms. The van der Waals surface area contributed by atoms with Gasteiger partial charge in [-0.3, -0.25) is 9.78 Å². The van der Waals surface area contributed by atoms with Crippen LogP contribution in [0.5, 0.6) is 0 Å². The Morgan fingerprint density at radius 1 is 1.24 bits per heavy atom. The largest absolute Gasteiger partial charge is 0.322 e. The lowest BCUT2D eigenvalue weighted by molar-refractivity contribution is 0.102. The average molecular weight is 353 g/mol. The number of carbonyl (C=O) groups excluding carboxylic acids is 1. The van der Waals surface area contributed by atoms with Crippen molar-refractivity contribution in [3.8, 4) is 5.69 Å². The van der Waals surface area contributed by atoms with Gasteiger partial charge in [-0.2, -0.15) is 5.10 Å². The quantitative estimate of drug-likeness (QED) is 0.759. The summed E-state index contributed by atoms with van der Waals surface area (Å²) in [5, 5.41) is 8.07. The molecule has 0 saturated heterocycles. The third kappa shape index (κ3) is 3.15. The molecule has 1 N–H and O–H groups in total. The number of halogens is 1. The van der Waals surface area contributed by atoms with Crippen LogP contribution < -0.4 is 5.32 Å². The molecule has 6 heteroatoms. The van der Waals surface area contributed by atoms with Gasteiger partial charge in [0.2, 0.25) is 0 Å². The molecule has 4 rings (SSSR count). The first-order valence-corrected chi connectivity index (χ1v) is 8.57. The molecule has 0 radical (unpaired) electrons. The number of anilines is 1. The Hall–Kier alpha value is -2.66. The first kappa shape index (κ1) is 15.8. The Morgan fingerprint density at radius 2 is 2.00 bits per heavy atom. The average Bonchev–Trinajstić information content (AvgIpc) is 3.36. The lowest BCUT2D eigenvalue weighted by Gasteiger charge is -2.10. The fourth-order valence-corrected chi connectivity index (χ4v) is 3.01. The highest BCUT2D eigenvalue weighted by molar-refractivity contribution is 6.31. The Labute approximate surface area is 150 Å². The van der Waals surface area contributed by atoms with Gasteiger partial charge in [0.25, 0.3) is 5.91 Å². The molecule has 2 aromatic heterocycles. The summed E-state index contributed by atoms with van der Waals surface area (Å²) in [7, 11) is 0. The van der Waals surface area contributed by atoms with Crippen molar-refractivity contribution in [1.29, 1.82) is 0 Å². The summed E-state index contributed by atoms with van der Waals surface area (Å²) in [6, 6.07) is 9.36. The van der Waals surface area contributed by atoms with Crippen LogP contribution in [0, 0.1) is 6.92 Å². The number of hydrogen-bond donors (Lipinski definition) is 1. The van der Waals surface area contributed by atoms with Gasteiger partial charge in [0.05, 0.1) is 23.1 Å². The molecule has 2 heterocycles. The zero-order chi connectivity index (χ0) is 17.4. The molecule has 1 saturated carbocycles. The molecular weight excluding hydrogens is 336 g/mol. The summed E-state index contributed by atoms with van der Waals surface area (Å²) in [4.78, 5) is 16.7. The summed E-state index contributed by atoms with van der Waals surface area (Å²) >= 11 is 6.26. The SMILES string of the molecule is Cc1ccc(-n2ncc(C(=O)Nc3ccncc3)c2C2CC2)cc1Cl. The van der Waals surface area contributed by atoms with Gasteiger partial charge in [-0.05, 0) is 49.6 Å². The van der Waals surface area contributed by atoms with Gasteiger partial charge in [0.1, 0.15) is 0 Å². The van der Waals surface area contributed by atoms with Crippen molar-refractivity contribution in [3.63, 3.8) is 0 Å². The molecule has 1 amide bonds. The second-order valence-corrected chi connectivity index (χ2v) is 6.66. The maximum absolute atomic E-state index is 12.7. The van der Waals surface area contributed by atoms with Crippen molar-refractivity contribution in [3.05, 3.63) is 70.8 Å². The molecule has 0 spiro atoms. The van der Waals surface area contributed by atoms with E-state index in [9.17, 15) is 4.79 Å². The molecular formula is C19H17ClN4O. The van der Waals surface area contributed by atoms with Crippen LogP contribution >= 0.6 is 11.6 Å². The first-order chi connectivity index (χ1) is 12.1. The second-order valence-electron chi connectivity index (χ2n) is 6.25. The van der Waals surface area contributed by atoms with E-state index < -0.39 is 0 Å². The number of carbonyl (C=O) groups is 1. The van der Waals surface area contributed by atoms with E-state index >= 15 is 0 Å². The Balaban J connectivity index is 1.71. The molecule has 5 nitrogen and oxygen atoms in total. The van der Waals surface area contributed by atoms with E-state index in [0.717, 1.165) is 29.8 Å². The van der Waals surface area contributed by atoms with Gasteiger partial charge >= 0.3 is 0 Å². The van der Waals surface area contributed by atoms with E-state index in [4.69, 9.17) is 11.6 Å². The summed E-state index contributed by atoms with van der Waals surface area (Å²) in [5.74, 6) is 0.207. The molecule has 1 aliphatic rings. The van der Waals surface area contributed by atoms with Crippen LogP contribution in [0.15, 0.2) is 48.9 Å². The Bertz CT molecular complexity index is 932. The molecule has 0 aliphatic heterocycles. The third-order valence-corrected chi connectivity index (χ3v) is 4.76. The highest BCUT2D eigenvalue weighted by atomic mass is 35.5. The minimum Gasteiger partial charge on any atom is -0.322 e. The lowest BCUT2D eigenvalue weighted by Crippen LogP contribution is -2.14. The van der Waals surface area contributed by atoms with Gasteiger partial charge in [-0.25, -0.2) is 4.68 Å². The molecule has 126 valence electrons. The number of nitrogens with zero attached hydrogens (tertiary/aromatic N) is 3. The van der Waals surface area contributed by atoms with Crippen molar-refractivity contribution in [2.24, 2.45) is 0 Å². The van der Waals surface area contributed by atoms with Crippen LogP contribution in [0.1, 0.15) is 40.4 Å². The van der Waals surface area contributed by atoms with Crippen molar-refractivity contribution >= 4 is 23.2 Å². The normalized spacial score (nSPS) is 13.7. The van der Waals surface area contributed by atoms with Crippen LogP contribution in [-0.2, 0) is 0 Å². The number of hydrogen-bond acceptors (Lipinski definition) is 3. The summed E-state index contributed by atoms with van der Waals surface area (Å²) in [5.41, 5.74) is 4.16. The summed E-state index contributed by atoms with van der Waals surface area (Å²) in [6.45, 7) is 1.96. The standard InChI is InChI=1S/C19H17ClN4O/c1-12-2-5-15(10-17(12)20)24-18(13-3-4-13)16(11-22-24)19(25)23-14-6-8-21-9-7-14/h2,5-11,13H,3-4H2,1H3,(H,21,23,25). The minimum absolute atomic E-state index is 0.155. The zero-order valence-corrected chi connectivity index (χ0v) is 14.5. The maximum atomic E-state index is 12.7. The van der Waals surface area contributed by atoms with Crippen molar-refractivity contribution in [1.82, 2.24) is 14.8 Å². The fourth-order valence-electron chi connectivity index (χ4n) is 2.84. The number of pyridine rings is 1. The van der Waals surface area contributed by atoms with E-state index in [1.807, 2.05) is 29.8 Å². The molecule has 1 aromatic carbocycles. The fraction of sp³-hybridized carbons (Fsp3) is 0.211. The molecule has 1 fully saturated rings. The first-order valence-electron chi connectivity index (χ1n) is 8.19. The predicted molar refractivity (Wildman–Crippen MR) is 97.5 cm³/mol. The highest BCUT2D eigenvalue weighted by Crippen LogP contribution is 2.42. The maximum Gasteiger partial charge on any atom is 0.259 e. The van der Waals surface area contributed by atoms with E-state index in [-0.39, 0.29) is 5.91 Å². The number of benzene rings is 1. The van der Waals surface area contributed by atoms with Gasteiger partial charge in [0, 0.05) is 29.0 Å². The minimum atomic E-state index is -0.155. The smallest absolute Gasteiger partial charge is 0.259 e. The van der Waals surface area contributed by atoms with Gasteiger partial charge in [0.15, 0.2) is 0 Å². The molecule has 1 aliphatic carbocycles. The second kappa shape index (κ2) is 6.33. The van der Waals surface area contributed by atoms with E-state index in [1.54, 1.807) is 30.7 Å². The van der Waals surface area contributed by atoms with E-state index in [2.05, 4.69) is 15.4 Å². The van der Waals surface area contributed by atoms with Gasteiger partial charge < -0.3 is 5.32 Å². The van der Waals surface area contributed by atoms with Crippen LogP contribution in [0.25, 0.3) is 5.69 Å². The molecule has 3 aromatic rings. The third-order valence-electron chi connectivity index (χ3n) is 4.35. The monoisotopic (exact) mass is 352 g/mol. The number of aryl methyl sites for hydroxylation is 1. The van der Waals surface area contributed by atoms with Crippen molar-refractivity contribution in [2.75, 3.05) is 5.32 Å². The molecule has 0 atom stereocenters.